The molecule has 0 saturated carbocycles. The van der Waals surface area contributed by atoms with Crippen LogP contribution in [-0.4, -0.2) is 32.8 Å². The molecule has 1 amide bonds. The fourth-order valence-electron chi connectivity index (χ4n) is 3.19. The molecule has 5 nitrogen and oxygen atoms in total. The van der Waals surface area contributed by atoms with Crippen molar-refractivity contribution in [2.24, 2.45) is 5.16 Å². The van der Waals surface area contributed by atoms with Crippen LogP contribution in [0.1, 0.15) is 35.6 Å². The van der Waals surface area contributed by atoms with E-state index in [2.05, 4.69) is 22.6 Å². The molecule has 5 heteroatoms. The first kappa shape index (κ1) is 18.0. The van der Waals surface area contributed by atoms with Crippen molar-refractivity contribution in [3.05, 3.63) is 65.2 Å². The summed E-state index contributed by atoms with van der Waals surface area (Å²) >= 11 is 0. The highest BCUT2D eigenvalue weighted by Gasteiger charge is 2.21. The van der Waals surface area contributed by atoms with Crippen LogP contribution in [0.25, 0.3) is 0 Å². The van der Waals surface area contributed by atoms with E-state index in [1.54, 1.807) is 6.21 Å². The second kappa shape index (κ2) is 8.52. The van der Waals surface area contributed by atoms with E-state index in [4.69, 9.17) is 4.84 Å². The van der Waals surface area contributed by atoms with Crippen LogP contribution < -0.4 is 10.2 Å². The summed E-state index contributed by atoms with van der Waals surface area (Å²) in [6.45, 7) is -0.0784. The van der Waals surface area contributed by atoms with Crippen molar-refractivity contribution < 1.29 is 9.63 Å². The van der Waals surface area contributed by atoms with Crippen LogP contribution in [0.15, 0.2) is 53.7 Å². The number of benzene rings is 2. The Morgan fingerprint density at radius 1 is 1.23 bits per heavy atom. The van der Waals surface area contributed by atoms with Gasteiger partial charge >= 0.3 is 0 Å². The van der Waals surface area contributed by atoms with Crippen molar-refractivity contribution in [3.63, 3.8) is 0 Å². The van der Waals surface area contributed by atoms with Crippen LogP contribution >= 0.6 is 0 Å². The van der Waals surface area contributed by atoms with E-state index in [9.17, 15) is 4.79 Å². The van der Waals surface area contributed by atoms with E-state index < -0.39 is 0 Å². The Kier molecular flexibility index (Phi) is 5.89. The van der Waals surface area contributed by atoms with E-state index in [1.807, 2.05) is 55.4 Å². The van der Waals surface area contributed by atoms with Gasteiger partial charge in [0.15, 0.2) is 6.61 Å². The predicted octanol–water partition coefficient (Wildman–Crippen LogP) is 3.30. The number of anilines is 1. The Bertz CT molecular complexity index is 769. The van der Waals surface area contributed by atoms with Crippen molar-refractivity contribution >= 4 is 17.8 Å². The van der Waals surface area contributed by atoms with Gasteiger partial charge in [-0.25, -0.2) is 0 Å². The molecule has 0 bridgehead atoms. The molecule has 26 heavy (non-hydrogen) atoms. The molecule has 0 aliphatic heterocycles. The number of hydrogen-bond donors (Lipinski definition) is 1. The van der Waals surface area contributed by atoms with Gasteiger partial charge in [0.25, 0.3) is 5.91 Å². The minimum Gasteiger partial charge on any atom is -0.386 e. The molecule has 2 aromatic rings. The van der Waals surface area contributed by atoms with E-state index in [0.717, 1.165) is 30.5 Å². The van der Waals surface area contributed by atoms with Gasteiger partial charge in [-0.05, 0) is 48.1 Å². The zero-order valence-electron chi connectivity index (χ0n) is 15.3. The largest absolute Gasteiger partial charge is 0.386 e. The maximum atomic E-state index is 12.1. The second-order valence-electron chi connectivity index (χ2n) is 6.71. The molecule has 0 spiro atoms. The van der Waals surface area contributed by atoms with Gasteiger partial charge in [-0.3, -0.25) is 4.79 Å². The SMILES string of the molecule is CN(C)c1ccc(/C=N/OCC(=O)NC2CCCc3ccccc32)cc1. The number of oxime groups is 1. The summed E-state index contributed by atoms with van der Waals surface area (Å²) in [7, 11) is 3.99. The van der Waals surface area contributed by atoms with Gasteiger partial charge in [-0.1, -0.05) is 41.6 Å². The third kappa shape index (κ3) is 4.63. The monoisotopic (exact) mass is 351 g/mol. The highest BCUT2D eigenvalue weighted by atomic mass is 16.6. The van der Waals surface area contributed by atoms with Gasteiger partial charge in [0.05, 0.1) is 12.3 Å². The molecule has 0 fully saturated rings. The number of amides is 1. The molecule has 0 aromatic heterocycles. The van der Waals surface area contributed by atoms with Crippen LogP contribution in [0.5, 0.6) is 0 Å². The van der Waals surface area contributed by atoms with Gasteiger partial charge in [-0.2, -0.15) is 0 Å². The topological polar surface area (TPSA) is 53.9 Å². The molecule has 136 valence electrons. The fourth-order valence-corrected chi connectivity index (χ4v) is 3.19. The van der Waals surface area contributed by atoms with Crippen LogP contribution in [0, 0.1) is 0 Å². The first-order valence-corrected chi connectivity index (χ1v) is 8.93. The van der Waals surface area contributed by atoms with Gasteiger partial charge in [0, 0.05) is 19.8 Å². The van der Waals surface area contributed by atoms with Crippen molar-refractivity contribution in [3.8, 4) is 0 Å². The Hall–Kier alpha value is -2.82. The zero-order chi connectivity index (χ0) is 18.4. The first-order chi connectivity index (χ1) is 12.6. The molecule has 1 atom stereocenters. The number of nitrogens with one attached hydrogen (secondary N) is 1. The summed E-state index contributed by atoms with van der Waals surface area (Å²) in [5.41, 5.74) is 4.59. The molecule has 0 radical (unpaired) electrons. The van der Waals surface area contributed by atoms with Crippen molar-refractivity contribution in [2.45, 2.75) is 25.3 Å². The molecule has 1 aliphatic rings. The Balaban J connectivity index is 1.47. The minimum absolute atomic E-state index is 0.0682. The quantitative estimate of drug-likeness (QED) is 0.642. The number of fused-ring (bicyclic) bond motifs is 1. The van der Waals surface area contributed by atoms with Gasteiger partial charge in [0.1, 0.15) is 0 Å². The molecule has 1 unspecified atom stereocenters. The Morgan fingerprint density at radius 3 is 2.77 bits per heavy atom. The second-order valence-corrected chi connectivity index (χ2v) is 6.71. The number of carbonyl (C=O) groups excluding carboxylic acids is 1. The van der Waals surface area contributed by atoms with E-state index in [0.29, 0.717) is 0 Å². The highest BCUT2D eigenvalue weighted by molar-refractivity contribution is 5.80. The molecule has 3 rings (SSSR count). The lowest BCUT2D eigenvalue weighted by molar-refractivity contribution is -0.126. The van der Waals surface area contributed by atoms with Crippen molar-refractivity contribution in [1.82, 2.24) is 5.32 Å². The smallest absolute Gasteiger partial charge is 0.261 e. The summed E-state index contributed by atoms with van der Waals surface area (Å²) in [5, 5.41) is 6.94. The normalized spacial score (nSPS) is 16.2. The Labute approximate surface area is 154 Å². The molecule has 1 aliphatic carbocycles. The summed E-state index contributed by atoms with van der Waals surface area (Å²) in [6.07, 6.45) is 4.74. The fraction of sp³-hybridized carbons (Fsp3) is 0.333. The van der Waals surface area contributed by atoms with E-state index in [-0.39, 0.29) is 18.6 Å². The zero-order valence-corrected chi connectivity index (χ0v) is 15.3. The summed E-state index contributed by atoms with van der Waals surface area (Å²) < 4.78 is 0. The molecule has 2 aromatic carbocycles. The van der Waals surface area contributed by atoms with Crippen LogP contribution in [0.4, 0.5) is 5.69 Å². The Morgan fingerprint density at radius 2 is 2.00 bits per heavy atom. The number of aryl methyl sites for hydroxylation is 1. The van der Waals surface area contributed by atoms with Gasteiger partial charge in [0.2, 0.25) is 0 Å². The number of carbonyl (C=O) groups is 1. The third-order valence-electron chi connectivity index (χ3n) is 4.59. The maximum Gasteiger partial charge on any atom is 0.261 e. The number of hydrogen-bond acceptors (Lipinski definition) is 4. The average molecular weight is 351 g/mol. The number of rotatable bonds is 6. The highest BCUT2D eigenvalue weighted by Crippen LogP contribution is 2.29. The molecular weight excluding hydrogens is 326 g/mol. The molecular formula is C21H25N3O2. The minimum atomic E-state index is -0.146. The lowest BCUT2D eigenvalue weighted by atomic mass is 9.88. The third-order valence-corrected chi connectivity index (χ3v) is 4.59. The lowest BCUT2D eigenvalue weighted by Crippen LogP contribution is -2.33. The van der Waals surface area contributed by atoms with Gasteiger partial charge < -0.3 is 15.1 Å². The van der Waals surface area contributed by atoms with Crippen LogP contribution in [0.3, 0.4) is 0 Å². The van der Waals surface area contributed by atoms with Crippen molar-refractivity contribution in [2.75, 3.05) is 25.6 Å². The summed E-state index contributed by atoms with van der Waals surface area (Å²) in [6, 6.07) is 16.3. The van der Waals surface area contributed by atoms with Crippen LogP contribution in [0.2, 0.25) is 0 Å². The van der Waals surface area contributed by atoms with E-state index in [1.165, 1.54) is 11.1 Å². The lowest BCUT2D eigenvalue weighted by Gasteiger charge is -2.26. The summed E-state index contributed by atoms with van der Waals surface area (Å²) in [4.78, 5) is 19.3. The van der Waals surface area contributed by atoms with Gasteiger partial charge in [-0.15, -0.1) is 0 Å². The first-order valence-electron chi connectivity index (χ1n) is 8.93. The molecule has 0 heterocycles. The standard InChI is InChI=1S/C21H25N3O2/c1-24(2)18-12-10-16(11-13-18)14-22-26-15-21(25)23-20-9-5-7-17-6-3-4-8-19(17)20/h3-4,6,8,10-14,20H,5,7,9,15H2,1-2H3,(H,23,25)/b22-14+. The maximum absolute atomic E-state index is 12.1. The average Bonchev–Trinajstić information content (AvgIpc) is 2.66. The molecule has 0 saturated heterocycles. The number of nitrogens with zero attached hydrogens (tertiary/aromatic N) is 2. The van der Waals surface area contributed by atoms with Crippen molar-refractivity contribution in [1.29, 1.82) is 0 Å². The molecule has 1 N–H and O–H groups in total. The van der Waals surface area contributed by atoms with Crippen LogP contribution in [-0.2, 0) is 16.1 Å². The van der Waals surface area contributed by atoms with E-state index >= 15 is 0 Å². The summed E-state index contributed by atoms with van der Waals surface area (Å²) in [5.74, 6) is -0.146. The predicted molar refractivity (Wildman–Crippen MR) is 105 cm³/mol.